The highest BCUT2D eigenvalue weighted by atomic mass is 35.5. The highest BCUT2D eigenvalue weighted by Crippen LogP contribution is 2.61. The van der Waals surface area contributed by atoms with E-state index >= 15 is 0 Å². The molecule has 2 heterocycles. The molecule has 4 aromatic carbocycles. The number of unbranched alkanes of at least 4 members (excludes halogenated alkanes) is 1. The average Bonchev–Trinajstić information content (AvgIpc) is 4.00. The molecule has 1 atom stereocenters. The molecular formula is C55H70Cl2N4O7S. The van der Waals surface area contributed by atoms with Gasteiger partial charge in [-0.05, 0) is 161 Å². The van der Waals surface area contributed by atoms with Crippen LogP contribution in [0.3, 0.4) is 0 Å². The molecule has 2 aliphatic heterocycles. The van der Waals surface area contributed by atoms with Gasteiger partial charge in [0.05, 0.1) is 39.8 Å². The summed E-state index contributed by atoms with van der Waals surface area (Å²) in [7, 11) is 3.06. The third-order valence-electron chi connectivity index (χ3n) is 15.1. The molecule has 4 aromatic rings. The molecular weight excluding hydrogens is 932 g/mol. The van der Waals surface area contributed by atoms with Crippen molar-refractivity contribution < 1.29 is 32.3 Å². The van der Waals surface area contributed by atoms with Gasteiger partial charge in [-0.15, -0.1) is 0 Å². The Labute approximate surface area is 420 Å². The Morgan fingerprint density at radius 3 is 1.74 bits per heavy atom. The molecule has 0 bridgehead atoms. The first-order valence-corrected chi connectivity index (χ1v) is 26.6. The van der Waals surface area contributed by atoms with Crippen molar-refractivity contribution in [2.45, 2.75) is 95.6 Å². The summed E-state index contributed by atoms with van der Waals surface area (Å²) in [6.45, 7) is 11.2. The number of benzene rings is 4. The van der Waals surface area contributed by atoms with E-state index in [9.17, 15) is 22.8 Å². The number of carbonyl (C=O) groups excluding carboxylic acids is 3. The van der Waals surface area contributed by atoms with Crippen LogP contribution in [-0.4, -0.2) is 113 Å². The Balaban J connectivity index is 0.878. The average molecular weight is 1000 g/mol. The van der Waals surface area contributed by atoms with Crippen molar-refractivity contribution in [2.75, 3.05) is 67.6 Å². The van der Waals surface area contributed by atoms with E-state index in [0.717, 1.165) is 93.1 Å². The summed E-state index contributed by atoms with van der Waals surface area (Å²) in [6, 6.07) is 26.3. The number of hydrogen-bond acceptors (Lipinski definition) is 7. The Kier molecular flexibility index (Phi) is 16.2. The lowest BCUT2D eigenvalue weighted by Gasteiger charge is -2.38. The number of likely N-dealkylation sites (tertiary alicyclic amines) is 1. The zero-order valence-corrected chi connectivity index (χ0v) is 44.0. The van der Waals surface area contributed by atoms with E-state index in [2.05, 4.69) is 6.07 Å². The maximum Gasteiger partial charge on any atom is 0.254 e. The molecule has 0 radical (unpaired) electrons. The van der Waals surface area contributed by atoms with Gasteiger partial charge in [-0.3, -0.25) is 14.4 Å². The summed E-state index contributed by atoms with van der Waals surface area (Å²) in [5.74, 6) is 2.14. The molecule has 69 heavy (non-hydrogen) atoms. The molecule has 0 unspecified atom stereocenters. The predicted molar refractivity (Wildman–Crippen MR) is 276 cm³/mol. The molecule has 7 rings (SSSR count). The first-order valence-electron chi connectivity index (χ1n) is 24.4. The van der Waals surface area contributed by atoms with Gasteiger partial charge in [-0.1, -0.05) is 72.1 Å². The van der Waals surface area contributed by atoms with Crippen molar-refractivity contribution in [1.29, 1.82) is 0 Å². The number of nitrogens with zero attached hydrogens (tertiary/aromatic N) is 4. The van der Waals surface area contributed by atoms with Crippen molar-refractivity contribution in [3.05, 3.63) is 117 Å². The lowest BCUT2D eigenvalue weighted by atomic mass is 9.81. The fraction of sp³-hybridized carbons (Fsp3) is 0.509. The molecule has 3 fully saturated rings. The van der Waals surface area contributed by atoms with Crippen LogP contribution in [0.25, 0.3) is 11.1 Å². The fourth-order valence-electron chi connectivity index (χ4n) is 10.2. The van der Waals surface area contributed by atoms with Crippen LogP contribution in [0, 0.1) is 17.3 Å². The highest BCUT2D eigenvalue weighted by Gasteiger charge is 2.56. The molecule has 3 amide bonds. The minimum atomic E-state index is -3.71. The van der Waals surface area contributed by atoms with E-state index in [1.54, 1.807) is 68.9 Å². The number of piperidine rings is 2. The first kappa shape index (κ1) is 52.2. The normalized spacial score (nSPS) is 17.7. The van der Waals surface area contributed by atoms with E-state index in [1.807, 2.05) is 75.1 Å². The number of sulfonamides is 1. The van der Waals surface area contributed by atoms with Crippen LogP contribution in [-0.2, 0) is 25.0 Å². The van der Waals surface area contributed by atoms with Gasteiger partial charge < -0.3 is 24.2 Å². The van der Waals surface area contributed by atoms with Crippen LogP contribution < -0.4 is 9.47 Å². The summed E-state index contributed by atoms with van der Waals surface area (Å²) in [5, 5.41) is 0.744. The summed E-state index contributed by atoms with van der Waals surface area (Å²) in [6.07, 6.45) is 8.56. The SMILES string of the molecule is CN(C)C(=O)c1ccc(OCCCCC2CCN(C(=O)C(C)(C)c3cccc(-c4cccc(C(C)(C)S(=O)(=O)N5CCC6(CC5)C[C@H]6CCOc5ccc(C(=O)N(C)C)c(Cl)c5)c4)c3)CC2)cc1Cl. The highest BCUT2D eigenvalue weighted by molar-refractivity contribution is 7.90. The molecule has 11 nitrogen and oxygen atoms in total. The van der Waals surface area contributed by atoms with Crippen LogP contribution in [0.5, 0.6) is 11.5 Å². The second kappa shape index (κ2) is 21.4. The Morgan fingerprint density at radius 2 is 1.20 bits per heavy atom. The minimum Gasteiger partial charge on any atom is -0.494 e. The van der Waals surface area contributed by atoms with Gasteiger partial charge in [0.15, 0.2) is 0 Å². The second-order valence-electron chi connectivity index (χ2n) is 20.9. The van der Waals surface area contributed by atoms with Crippen LogP contribution in [0.4, 0.5) is 0 Å². The lowest BCUT2D eigenvalue weighted by Crippen LogP contribution is -2.47. The van der Waals surface area contributed by atoms with Gasteiger partial charge in [-0.25, -0.2) is 12.7 Å². The molecule has 0 N–H and O–H groups in total. The van der Waals surface area contributed by atoms with Crippen LogP contribution in [0.2, 0.25) is 10.0 Å². The third kappa shape index (κ3) is 11.6. The number of ether oxygens (including phenoxy) is 2. The Bertz CT molecular complexity index is 2620. The minimum absolute atomic E-state index is 0.116. The Hall–Kier alpha value is -4.62. The third-order valence-corrected chi connectivity index (χ3v) is 18.3. The van der Waals surface area contributed by atoms with Crippen molar-refractivity contribution in [1.82, 2.24) is 19.0 Å². The number of carbonyl (C=O) groups is 3. The first-order chi connectivity index (χ1) is 32.6. The van der Waals surface area contributed by atoms with Crippen molar-refractivity contribution in [3.8, 4) is 22.6 Å². The van der Waals surface area contributed by atoms with E-state index in [-0.39, 0.29) is 23.1 Å². The fourth-order valence-corrected chi connectivity index (χ4v) is 12.5. The van der Waals surface area contributed by atoms with Crippen LogP contribution in [0.15, 0.2) is 84.9 Å². The molecule has 1 aliphatic carbocycles. The van der Waals surface area contributed by atoms with Crippen LogP contribution >= 0.6 is 23.2 Å². The van der Waals surface area contributed by atoms with E-state index in [4.69, 9.17) is 32.7 Å². The van der Waals surface area contributed by atoms with Gasteiger partial charge in [0.2, 0.25) is 15.9 Å². The molecule has 14 heteroatoms. The quantitative estimate of drug-likeness (QED) is 0.0911. The van der Waals surface area contributed by atoms with Crippen molar-refractivity contribution in [3.63, 3.8) is 0 Å². The van der Waals surface area contributed by atoms with Crippen LogP contribution in [0.1, 0.15) is 117 Å². The maximum absolute atomic E-state index is 14.4. The van der Waals surface area contributed by atoms with Crippen molar-refractivity contribution in [2.24, 2.45) is 17.3 Å². The largest absolute Gasteiger partial charge is 0.494 e. The van der Waals surface area contributed by atoms with Crippen molar-refractivity contribution >= 4 is 50.9 Å². The number of rotatable bonds is 18. The van der Waals surface area contributed by atoms with Gasteiger partial charge in [0, 0.05) is 54.4 Å². The zero-order valence-electron chi connectivity index (χ0n) is 41.7. The Morgan fingerprint density at radius 1 is 0.681 bits per heavy atom. The molecule has 3 aliphatic rings. The molecule has 2 saturated heterocycles. The smallest absolute Gasteiger partial charge is 0.254 e. The molecule has 372 valence electrons. The van der Waals surface area contributed by atoms with E-state index in [1.165, 1.54) is 9.80 Å². The number of amides is 3. The van der Waals surface area contributed by atoms with Gasteiger partial charge >= 0.3 is 0 Å². The maximum atomic E-state index is 14.4. The number of hydrogen-bond donors (Lipinski definition) is 0. The lowest BCUT2D eigenvalue weighted by molar-refractivity contribution is -0.137. The van der Waals surface area contributed by atoms with Gasteiger partial charge in [-0.2, -0.15) is 0 Å². The summed E-state index contributed by atoms with van der Waals surface area (Å²) >= 11 is 12.7. The van der Waals surface area contributed by atoms with E-state index in [0.29, 0.717) is 70.8 Å². The monoisotopic (exact) mass is 1000 g/mol. The second-order valence-corrected chi connectivity index (χ2v) is 24.2. The topological polar surface area (TPSA) is 117 Å². The summed E-state index contributed by atoms with van der Waals surface area (Å²) in [4.78, 5) is 43.8. The molecule has 1 saturated carbocycles. The zero-order chi connectivity index (χ0) is 49.9. The standard InChI is InChI=1S/C55H70Cl2N4O7S/c1-53(2,52(64)60-27-22-38(23-28-60)13-9-10-31-67-44-18-20-46(48(56)35-44)50(62)58(5)6)41-16-11-14-39(33-41)40-15-12-17-42(34-40)54(3,4)69(65,66)61-29-25-55(26-30-61)37-43(55)24-32-68-45-19-21-47(49(57)36-45)51(63)59(7)8/h11-12,14-21,33-36,38,43H,9-10,13,22-32,37H2,1-8H3/t43-/m1/s1. The number of halogens is 2. The van der Waals surface area contributed by atoms with Gasteiger partial charge in [0.1, 0.15) is 16.2 Å². The van der Waals surface area contributed by atoms with E-state index < -0.39 is 20.2 Å². The predicted octanol–water partition coefficient (Wildman–Crippen LogP) is 11.0. The molecule has 0 aromatic heterocycles. The molecule has 1 spiro atoms. The summed E-state index contributed by atoms with van der Waals surface area (Å²) in [5.41, 5.74) is 3.79. The van der Waals surface area contributed by atoms with Gasteiger partial charge in [0.25, 0.3) is 11.8 Å². The summed E-state index contributed by atoms with van der Waals surface area (Å²) < 4.78 is 41.4.